The minimum Gasteiger partial charge on any atom is -0.359 e. The molecule has 0 N–H and O–H groups in total. The lowest BCUT2D eigenvalue weighted by Crippen LogP contribution is -2.42. The predicted molar refractivity (Wildman–Crippen MR) is 305 cm³/mol. The van der Waals surface area contributed by atoms with Gasteiger partial charge in [0.1, 0.15) is 24.7 Å². The molecule has 6 aliphatic rings. The van der Waals surface area contributed by atoms with Gasteiger partial charge in [0, 0.05) is 97.5 Å². The Morgan fingerprint density at radius 1 is 0.419 bits per heavy atom. The third-order valence-corrected chi connectivity index (χ3v) is 15.9. The van der Waals surface area contributed by atoms with Crippen LogP contribution in [0.1, 0.15) is 144 Å². The normalized spacial score (nSPS) is 21.1. The largest absolute Gasteiger partial charge is 0.359 e. The van der Waals surface area contributed by atoms with E-state index in [0.29, 0.717) is 47.9 Å². The minimum atomic E-state index is 0.316. The molecule has 0 saturated heterocycles. The fraction of sp³-hybridized carbons (Fsp3) is 0.444. The summed E-state index contributed by atoms with van der Waals surface area (Å²) in [7, 11) is 2.06. The zero-order chi connectivity index (χ0) is 53.2. The average molecular weight is 992 g/mol. The first-order valence-electron chi connectivity index (χ1n) is 27.1. The first kappa shape index (κ1) is 54.5. The summed E-state index contributed by atoms with van der Waals surface area (Å²) < 4.78 is 0. The molecular weight excluding hydrogens is 911 g/mol. The van der Waals surface area contributed by atoms with Crippen LogP contribution < -0.4 is 19.6 Å². The van der Waals surface area contributed by atoms with Gasteiger partial charge >= 0.3 is 0 Å². The van der Waals surface area contributed by atoms with Crippen molar-refractivity contribution >= 4 is 22.7 Å². The zero-order valence-corrected chi connectivity index (χ0v) is 46.4. The number of aryl methyl sites for hydroxylation is 5. The van der Waals surface area contributed by atoms with E-state index >= 15 is 0 Å². The van der Waals surface area contributed by atoms with Crippen molar-refractivity contribution < 1.29 is 0 Å². The fourth-order valence-electron chi connectivity index (χ4n) is 11.5. The van der Waals surface area contributed by atoms with Gasteiger partial charge in [0.15, 0.2) is 0 Å². The van der Waals surface area contributed by atoms with E-state index in [4.69, 9.17) is 15.8 Å². The lowest BCUT2D eigenvalue weighted by atomic mass is 9.94. The van der Waals surface area contributed by atoms with Crippen molar-refractivity contribution in [3.63, 3.8) is 0 Å². The van der Waals surface area contributed by atoms with Crippen molar-refractivity contribution in [2.45, 2.75) is 177 Å². The highest BCUT2D eigenvalue weighted by Gasteiger charge is 2.33. The summed E-state index contributed by atoms with van der Waals surface area (Å²) in [5.74, 6) is 0. The molecule has 0 radical (unpaired) electrons. The summed E-state index contributed by atoms with van der Waals surface area (Å²) >= 11 is 0. The Hall–Kier alpha value is -7.29. The summed E-state index contributed by atoms with van der Waals surface area (Å²) in [6.07, 6.45) is 31.0. The van der Waals surface area contributed by atoms with Gasteiger partial charge in [-0.25, -0.2) is 0 Å². The van der Waals surface area contributed by atoms with Crippen molar-refractivity contribution in [2.75, 3.05) is 26.6 Å². The molecule has 2 aliphatic carbocycles. The van der Waals surface area contributed by atoms with Gasteiger partial charge < -0.3 is 39.2 Å². The Morgan fingerprint density at radius 3 is 1.20 bits per heavy atom. The van der Waals surface area contributed by atoms with Crippen molar-refractivity contribution in [1.82, 2.24) is 19.6 Å². The van der Waals surface area contributed by atoms with Crippen molar-refractivity contribution in [2.24, 2.45) is 0 Å². The SMILES string of the molecule is Cc1cc(C#N)ccc1N1C=CN(C(C)C)[C@H]1C.Cc1cc(C#N)ccc1N1C=CN(C)[C@H]1C.Cc1cc(C#N)ccc1N1C=CN(C2CCCCC2)[C@H]1C.Cc1ccc(C)c(N2C=CN(C3CCCC3)[C@H]2C)c1. The molecule has 4 atom stereocenters. The van der Waals surface area contributed by atoms with Crippen LogP contribution in [0.5, 0.6) is 0 Å². The Morgan fingerprint density at radius 2 is 0.811 bits per heavy atom. The van der Waals surface area contributed by atoms with Crippen LogP contribution in [0.25, 0.3) is 0 Å². The molecule has 4 aromatic rings. The van der Waals surface area contributed by atoms with Gasteiger partial charge in [0.2, 0.25) is 0 Å². The second kappa shape index (κ2) is 24.6. The summed E-state index contributed by atoms with van der Waals surface area (Å²) in [6, 6.07) is 32.8. The van der Waals surface area contributed by atoms with Crippen LogP contribution in [0.2, 0.25) is 0 Å². The molecule has 0 unspecified atom stereocenters. The highest BCUT2D eigenvalue weighted by Crippen LogP contribution is 2.36. The minimum absolute atomic E-state index is 0.316. The van der Waals surface area contributed by atoms with Crippen LogP contribution in [-0.4, -0.2) is 69.4 Å². The quantitative estimate of drug-likeness (QED) is 0.177. The first-order chi connectivity index (χ1) is 35.5. The van der Waals surface area contributed by atoms with Gasteiger partial charge in [-0.15, -0.1) is 0 Å². The Bertz CT molecular complexity index is 2810. The van der Waals surface area contributed by atoms with Crippen LogP contribution >= 0.6 is 0 Å². The van der Waals surface area contributed by atoms with Crippen molar-refractivity contribution in [1.29, 1.82) is 15.8 Å². The summed E-state index contributed by atoms with van der Waals surface area (Å²) in [4.78, 5) is 18.7. The molecule has 0 bridgehead atoms. The topological polar surface area (TPSA) is 97.3 Å². The monoisotopic (exact) mass is 992 g/mol. The third kappa shape index (κ3) is 12.4. The molecule has 2 fully saturated rings. The van der Waals surface area contributed by atoms with Crippen LogP contribution in [0.15, 0.2) is 122 Å². The molecule has 4 aromatic carbocycles. The Labute approximate surface area is 444 Å². The molecular formula is C63H81N11. The van der Waals surface area contributed by atoms with E-state index in [0.717, 1.165) is 34.0 Å². The number of rotatable bonds is 7. The smallest absolute Gasteiger partial charge is 0.103 e. The maximum Gasteiger partial charge on any atom is 0.103 e. The summed E-state index contributed by atoms with van der Waals surface area (Å²) in [6.45, 7) is 23.9. The van der Waals surface area contributed by atoms with E-state index in [1.165, 1.54) is 86.0 Å². The van der Waals surface area contributed by atoms with Gasteiger partial charge in [-0.3, -0.25) is 0 Å². The van der Waals surface area contributed by atoms with Gasteiger partial charge in [-0.05, 0) is 190 Å². The van der Waals surface area contributed by atoms with Crippen molar-refractivity contribution in [3.8, 4) is 18.2 Å². The predicted octanol–water partition coefficient (Wildman–Crippen LogP) is 14.0. The van der Waals surface area contributed by atoms with E-state index in [1.54, 1.807) is 0 Å². The fourth-order valence-corrected chi connectivity index (χ4v) is 11.5. The number of benzene rings is 4. The highest BCUT2D eigenvalue weighted by molar-refractivity contribution is 5.62. The van der Waals surface area contributed by atoms with Gasteiger partial charge in [-0.1, -0.05) is 44.2 Å². The number of nitriles is 3. The molecule has 0 amide bonds. The van der Waals surface area contributed by atoms with E-state index in [-0.39, 0.29) is 0 Å². The molecule has 11 heteroatoms. The highest BCUT2D eigenvalue weighted by atomic mass is 15.4. The standard InChI is InChI=1S/C18H23N3.C17H24N2.C15H19N3.C13H15N3/c1-14-12-16(13-19)8-9-18(14)21-11-10-20(15(21)2)17-6-4-3-5-7-17;1-13-8-9-14(2)17(12-13)19-11-10-18(15(19)3)16-6-4-5-7-16;1-11(2)17-7-8-18(13(17)4)15-6-5-14(10-16)9-12(15)3;1-10-8-12(9-14)4-5-13(10)16-7-6-15(3)11(16)2/h8-12,15,17H,3-7H2,1-2H3;8-12,15-16H,4-7H2,1-3H3;5-9,11,13H,1-4H3;4-8,11H,1-3H3/t2*15-;13-;11-/m1111/s1. The van der Waals surface area contributed by atoms with Crippen LogP contribution in [0.3, 0.4) is 0 Å². The molecule has 2 saturated carbocycles. The second-order valence-electron chi connectivity index (χ2n) is 21.3. The molecule has 0 spiro atoms. The maximum absolute atomic E-state index is 9.00. The third-order valence-electron chi connectivity index (χ3n) is 15.9. The van der Waals surface area contributed by atoms with Crippen LogP contribution in [0, 0.1) is 68.6 Å². The van der Waals surface area contributed by atoms with E-state index < -0.39 is 0 Å². The van der Waals surface area contributed by atoms with Crippen LogP contribution in [-0.2, 0) is 0 Å². The van der Waals surface area contributed by atoms with Gasteiger partial charge in [-0.2, -0.15) is 15.8 Å². The average Bonchev–Trinajstić information content (AvgIpc) is 4.27. The van der Waals surface area contributed by atoms with E-state index in [1.807, 2.05) is 55.5 Å². The molecule has 10 rings (SSSR count). The molecule has 11 nitrogen and oxygen atoms in total. The molecule has 4 aliphatic heterocycles. The number of nitrogens with zero attached hydrogens (tertiary/aromatic N) is 11. The Kier molecular flexibility index (Phi) is 18.1. The first-order valence-corrected chi connectivity index (χ1v) is 27.1. The maximum atomic E-state index is 9.00. The zero-order valence-electron chi connectivity index (χ0n) is 46.4. The lowest BCUT2D eigenvalue weighted by Gasteiger charge is -2.38. The summed E-state index contributed by atoms with van der Waals surface area (Å²) in [5.41, 5.74) is 13.2. The van der Waals surface area contributed by atoms with Gasteiger partial charge in [0.25, 0.3) is 0 Å². The number of hydrogen-bond acceptors (Lipinski definition) is 11. The number of hydrogen-bond donors (Lipinski definition) is 0. The lowest BCUT2D eigenvalue weighted by molar-refractivity contribution is 0.187. The van der Waals surface area contributed by atoms with Crippen LogP contribution in [0.4, 0.5) is 22.7 Å². The van der Waals surface area contributed by atoms with E-state index in [9.17, 15) is 0 Å². The molecule has 4 heterocycles. The second-order valence-corrected chi connectivity index (χ2v) is 21.3. The Balaban J connectivity index is 0.000000145. The van der Waals surface area contributed by atoms with Gasteiger partial charge in [0.05, 0.1) is 34.9 Å². The summed E-state index contributed by atoms with van der Waals surface area (Å²) in [5, 5.41) is 26.7. The molecule has 0 aromatic heterocycles. The molecule has 74 heavy (non-hydrogen) atoms. The molecule has 388 valence electrons. The van der Waals surface area contributed by atoms with Crippen molar-refractivity contribution in [3.05, 3.63) is 167 Å². The number of anilines is 4. The van der Waals surface area contributed by atoms with E-state index in [2.05, 4.69) is 208 Å².